The molecule has 2 heterocycles. The van der Waals surface area contributed by atoms with Crippen molar-refractivity contribution in [3.8, 4) is 0 Å². The maximum atomic E-state index is 13.2. The molecule has 0 radical (unpaired) electrons. The van der Waals surface area contributed by atoms with Crippen molar-refractivity contribution >= 4 is 21.4 Å². The third kappa shape index (κ3) is 6.03. The molecule has 7 nitrogen and oxygen atoms in total. The van der Waals surface area contributed by atoms with Crippen molar-refractivity contribution < 1.29 is 22.0 Å². The SMILES string of the molecule is O=C(CCS(=O)(=O)c1ccccc1)NCC(c1ccco1)N1CCN(c2ccc(F)cc2)CC1. The summed E-state index contributed by atoms with van der Waals surface area (Å²) in [5.74, 6) is -0.0778. The molecule has 1 fully saturated rings. The minimum atomic E-state index is -3.51. The van der Waals surface area contributed by atoms with E-state index in [9.17, 15) is 17.6 Å². The highest BCUT2D eigenvalue weighted by atomic mass is 32.2. The van der Waals surface area contributed by atoms with Crippen molar-refractivity contribution in [2.24, 2.45) is 0 Å². The normalized spacial score (nSPS) is 15.7. The lowest BCUT2D eigenvalue weighted by atomic mass is 10.1. The van der Waals surface area contributed by atoms with Gasteiger partial charge in [-0.25, -0.2) is 12.8 Å². The number of carbonyl (C=O) groups is 1. The lowest BCUT2D eigenvalue weighted by Gasteiger charge is -2.39. The summed E-state index contributed by atoms with van der Waals surface area (Å²) in [5, 5.41) is 2.88. The summed E-state index contributed by atoms with van der Waals surface area (Å²) in [4.78, 5) is 17.1. The summed E-state index contributed by atoms with van der Waals surface area (Å²) < 4.78 is 43.8. The van der Waals surface area contributed by atoms with Crippen LogP contribution in [0.15, 0.2) is 82.3 Å². The number of hydrogen-bond acceptors (Lipinski definition) is 6. The summed E-state index contributed by atoms with van der Waals surface area (Å²) in [6.07, 6.45) is 1.49. The lowest BCUT2D eigenvalue weighted by molar-refractivity contribution is -0.121. The third-order valence-corrected chi connectivity index (χ3v) is 7.74. The quantitative estimate of drug-likeness (QED) is 0.501. The van der Waals surface area contributed by atoms with Gasteiger partial charge in [0.2, 0.25) is 5.91 Å². The number of amides is 1. The minimum Gasteiger partial charge on any atom is -0.468 e. The highest BCUT2D eigenvalue weighted by Gasteiger charge is 2.27. The molecule has 0 spiro atoms. The van der Waals surface area contributed by atoms with Crippen LogP contribution in [0.2, 0.25) is 0 Å². The fraction of sp³-hybridized carbons (Fsp3) is 0.320. The van der Waals surface area contributed by atoms with Crippen LogP contribution in [0.5, 0.6) is 0 Å². The van der Waals surface area contributed by atoms with E-state index in [0.29, 0.717) is 6.54 Å². The van der Waals surface area contributed by atoms with Gasteiger partial charge in [0.15, 0.2) is 9.84 Å². The molecule has 1 amide bonds. The van der Waals surface area contributed by atoms with Crippen molar-refractivity contribution in [3.05, 3.63) is 84.6 Å². The molecule has 180 valence electrons. The molecule has 1 aromatic heterocycles. The first-order valence-electron chi connectivity index (χ1n) is 11.2. The average molecular weight is 486 g/mol. The maximum Gasteiger partial charge on any atom is 0.221 e. The van der Waals surface area contributed by atoms with E-state index in [0.717, 1.165) is 37.6 Å². The third-order valence-electron chi connectivity index (χ3n) is 6.01. The van der Waals surface area contributed by atoms with Crippen LogP contribution < -0.4 is 10.2 Å². The number of anilines is 1. The van der Waals surface area contributed by atoms with Gasteiger partial charge in [0.05, 0.1) is 23.0 Å². The Labute approximate surface area is 199 Å². The Morgan fingerprint density at radius 3 is 2.32 bits per heavy atom. The number of nitrogens with zero attached hydrogens (tertiary/aromatic N) is 2. The van der Waals surface area contributed by atoms with Gasteiger partial charge in [0.25, 0.3) is 0 Å². The Hall–Kier alpha value is -3.17. The molecule has 4 rings (SSSR count). The summed E-state index contributed by atoms with van der Waals surface area (Å²) in [6, 6.07) is 18.1. The molecule has 0 saturated carbocycles. The van der Waals surface area contributed by atoms with Crippen LogP contribution in [0.1, 0.15) is 18.2 Å². The number of sulfone groups is 1. The number of piperazine rings is 1. The molecule has 1 atom stereocenters. The standard InChI is InChI=1S/C25H28FN3O4S/c26-20-8-10-21(11-9-20)28-13-15-29(16-14-28)23(24-7-4-17-33-24)19-27-25(30)12-18-34(31,32)22-5-2-1-3-6-22/h1-11,17,23H,12-16,18-19H2,(H,27,30). The van der Waals surface area contributed by atoms with Crippen molar-refractivity contribution in [1.29, 1.82) is 0 Å². The maximum absolute atomic E-state index is 13.2. The second-order valence-electron chi connectivity index (χ2n) is 8.22. The van der Waals surface area contributed by atoms with Crippen molar-refractivity contribution in [1.82, 2.24) is 10.2 Å². The number of nitrogens with one attached hydrogen (secondary N) is 1. The second-order valence-corrected chi connectivity index (χ2v) is 10.3. The van der Waals surface area contributed by atoms with Gasteiger partial charge in [-0.3, -0.25) is 9.69 Å². The van der Waals surface area contributed by atoms with Gasteiger partial charge in [-0.05, 0) is 48.5 Å². The molecule has 1 saturated heterocycles. The van der Waals surface area contributed by atoms with Gasteiger partial charge in [0, 0.05) is 44.8 Å². The topological polar surface area (TPSA) is 82.9 Å². The highest BCUT2D eigenvalue weighted by Crippen LogP contribution is 2.24. The van der Waals surface area contributed by atoms with Crippen molar-refractivity contribution in [2.75, 3.05) is 43.4 Å². The minimum absolute atomic E-state index is 0.111. The largest absolute Gasteiger partial charge is 0.468 e. The highest BCUT2D eigenvalue weighted by molar-refractivity contribution is 7.91. The molecule has 1 aliphatic rings. The molecular formula is C25H28FN3O4S. The van der Waals surface area contributed by atoms with E-state index < -0.39 is 9.84 Å². The van der Waals surface area contributed by atoms with Gasteiger partial charge < -0.3 is 14.6 Å². The fourth-order valence-corrected chi connectivity index (χ4v) is 5.37. The first-order chi connectivity index (χ1) is 16.4. The van der Waals surface area contributed by atoms with Crippen LogP contribution in [0.3, 0.4) is 0 Å². The Morgan fingerprint density at radius 1 is 0.971 bits per heavy atom. The number of benzene rings is 2. The molecule has 2 aromatic carbocycles. The zero-order valence-corrected chi connectivity index (χ0v) is 19.6. The monoisotopic (exact) mass is 485 g/mol. The van der Waals surface area contributed by atoms with Gasteiger partial charge in [-0.1, -0.05) is 18.2 Å². The van der Waals surface area contributed by atoms with Crippen molar-refractivity contribution in [2.45, 2.75) is 17.4 Å². The number of hydrogen-bond donors (Lipinski definition) is 1. The van der Waals surface area contributed by atoms with Crippen LogP contribution >= 0.6 is 0 Å². The molecule has 0 bridgehead atoms. The lowest BCUT2D eigenvalue weighted by Crippen LogP contribution is -2.49. The first kappa shape index (κ1) is 24.0. The van der Waals surface area contributed by atoms with E-state index in [1.165, 1.54) is 24.3 Å². The molecule has 9 heteroatoms. The van der Waals surface area contributed by atoms with E-state index in [2.05, 4.69) is 15.1 Å². The van der Waals surface area contributed by atoms with E-state index in [1.807, 2.05) is 12.1 Å². The van der Waals surface area contributed by atoms with Crippen molar-refractivity contribution in [3.63, 3.8) is 0 Å². The van der Waals surface area contributed by atoms with Crippen LogP contribution in [-0.4, -0.2) is 57.7 Å². The predicted octanol–water partition coefficient (Wildman–Crippen LogP) is 3.26. The molecular weight excluding hydrogens is 457 g/mol. The Balaban J connectivity index is 1.33. The molecule has 0 aliphatic carbocycles. The number of furan rings is 1. The van der Waals surface area contributed by atoms with Crippen LogP contribution in [0.4, 0.5) is 10.1 Å². The van der Waals surface area contributed by atoms with Gasteiger partial charge in [-0.2, -0.15) is 0 Å². The fourth-order valence-electron chi connectivity index (χ4n) is 4.11. The predicted molar refractivity (Wildman–Crippen MR) is 128 cm³/mol. The van der Waals surface area contributed by atoms with Gasteiger partial charge in [-0.15, -0.1) is 0 Å². The van der Waals surface area contributed by atoms with Crippen LogP contribution in [-0.2, 0) is 14.6 Å². The molecule has 1 unspecified atom stereocenters. The molecule has 1 N–H and O–H groups in total. The van der Waals surface area contributed by atoms with Crippen LogP contribution in [0, 0.1) is 5.82 Å². The van der Waals surface area contributed by atoms with E-state index >= 15 is 0 Å². The smallest absolute Gasteiger partial charge is 0.221 e. The van der Waals surface area contributed by atoms with E-state index in [-0.39, 0.29) is 34.8 Å². The second kappa shape index (κ2) is 10.8. The molecule has 1 aliphatic heterocycles. The Morgan fingerprint density at radius 2 is 1.68 bits per heavy atom. The van der Waals surface area contributed by atoms with E-state index in [1.54, 1.807) is 36.6 Å². The van der Waals surface area contributed by atoms with Crippen LogP contribution in [0.25, 0.3) is 0 Å². The number of carbonyl (C=O) groups excluding carboxylic acids is 1. The van der Waals surface area contributed by atoms with Gasteiger partial charge in [0.1, 0.15) is 11.6 Å². The molecule has 34 heavy (non-hydrogen) atoms. The Kier molecular flexibility index (Phi) is 7.64. The summed E-state index contributed by atoms with van der Waals surface area (Å²) in [7, 11) is -3.51. The summed E-state index contributed by atoms with van der Waals surface area (Å²) >= 11 is 0. The Bertz CT molecular complexity index is 1160. The number of rotatable bonds is 9. The zero-order valence-electron chi connectivity index (χ0n) is 18.8. The van der Waals surface area contributed by atoms with Gasteiger partial charge >= 0.3 is 0 Å². The molecule has 3 aromatic rings. The first-order valence-corrected chi connectivity index (χ1v) is 12.9. The van der Waals surface area contributed by atoms with E-state index in [4.69, 9.17) is 4.42 Å². The zero-order chi connectivity index (χ0) is 24.0. The average Bonchev–Trinajstić information content (AvgIpc) is 3.39. The summed E-state index contributed by atoms with van der Waals surface area (Å²) in [5.41, 5.74) is 0.975. The summed E-state index contributed by atoms with van der Waals surface area (Å²) in [6.45, 7) is 3.30. The number of halogens is 1.